The van der Waals surface area contributed by atoms with Crippen molar-refractivity contribution in [2.75, 3.05) is 13.2 Å². The van der Waals surface area contributed by atoms with E-state index in [-0.39, 0.29) is 52.5 Å². The highest BCUT2D eigenvalue weighted by atomic mass is 19.1. The van der Waals surface area contributed by atoms with Crippen LogP contribution < -0.4 is 11.0 Å². The van der Waals surface area contributed by atoms with E-state index in [1.54, 1.807) is 23.8 Å². The van der Waals surface area contributed by atoms with Gasteiger partial charge in [0.05, 0.1) is 30.2 Å². The molecule has 0 radical (unpaired) electrons. The van der Waals surface area contributed by atoms with Gasteiger partial charge in [0, 0.05) is 12.8 Å². The van der Waals surface area contributed by atoms with Gasteiger partial charge in [-0.25, -0.2) is 14.2 Å². The van der Waals surface area contributed by atoms with Crippen molar-refractivity contribution in [2.24, 2.45) is 4.99 Å². The highest BCUT2D eigenvalue weighted by Crippen LogP contribution is 2.18. The molecule has 190 valence electrons. The lowest BCUT2D eigenvalue weighted by Crippen LogP contribution is -2.35. The summed E-state index contributed by atoms with van der Waals surface area (Å²) in [5.41, 5.74) is 0.633. The summed E-state index contributed by atoms with van der Waals surface area (Å²) in [6.07, 6.45) is 2.94. The average molecular weight is 505 g/mol. The van der Waals surface area contributed by atoms with Gasteiger partial charge in [0.15, 0.2) is 5.49 Å². The number of aromatic nitrogens is 3. The molecule has 0 bridgehead atoms. The highest BCUT2D eigenvalue weighted by molar-refractivity contribution is 5.97. The summed E-state index contributed by atoms with van der Waals surface area (Å²) in [4.78, 5) is 48.7. The Morgan fingerprint density at radius 1 is 1.19 bits per heavy atom. The average Bonchev–Trinajstić information content (AvgIpc) is 3.40. The number of rotatable bonds is 5. The number of benzene rings is 1. The molecule has 1 fully saturated rings. The number of hydrogen-bond acceptors (Lipinski definition) is 6. The Labute approximate surface area is 210 Å². The number of esters is 1. The van der Waals surface area contributed by atoms with Gasteiger partial charge in [-0.3, -0.25) is 14.0 Å². The van der Waals surface area contributed by atoms with Crippen LogP contribution >= 0.6 is 0 Å². The van der Waals surface area contributed by atoms with Gasteiger partial charge in [0.25, 0.3) is 11.5 Å². The zero-order valence-electron chi connectivity index (χ0n) is 20.4. The van der Waals surface area contributed by atoms with Crippen LogP contribution in [-0.2, 0) is 16.0 Å². The molecule has 3 aromatic heterocycles. The molecule has 1 aromatic carbocycles. The second-order valence-electron chi connectivity index (χ2n) is 8.78. The van der Waals surface area contributed by atoms with E-state index in [0.717, 1.165) is 24.5 Å². The summed E-state index contributed by atoms with van der Waals surface area (Å²) in [5, 5.41) is 0.154. The quantitative estimate of drug-likeness (QED) is 0.305. The Kier molecular flexibility index (Phi) is 6.66. The number of fused-ring (bicyclic) bond motifs is 2. The highest BCUT2D eigenvalue weighted by Gasteiger charge is 2.24. The Morgan fingerprint density at radius 2 is 2.00 bits per heavy atom. The summed E-state index contributed by atoms with van der Waals surface area (Å²) in [6, 6.07) is 10.4. The first-order valence-electron chi connectivity index (χ1n) is 12.1. The van der Waals surface area contributed by atoms with Crippen LogP contribution in [0.4, 0.5) is 4.39 Å². The van der Waals surface area contributed by atoms with Crippen LogP contribution in [0, 0.1) is 12.7 Å². The van der Waals surface area contributed by atoms with Crippen LogP contribution in [0.2, 0.25) is 0 Å². The van der Waals surface area contributed by atoms with Crippen LogP contribution in [-0.4, -0.2) is 45.1 Å². The molecular weight excluding hydrogens is 479 g/mol. The maximum Gasteiger partial charge on any atom is 0.341 e. The summed E-state index contributed by atoms with van der Waals surface area (Å²) in [6.45, 7) is 4.30. The maximum atomic E-state index is 14.4. The number of ether oxygens (including phenoxy) is 2. The molecule has 1 aliphatic rings. The molecule has 0 spiro atoms. The molecule has 1 amide bonds. The Morgan fingerprint density at radius 3 is 2.73 bits per heavy atom. The van der Waals surface area contributed by atoms with Crippen molar-refractivity contribution in [3.8, 4) is 0 Å². The van der Waals surface area contributed by atoms with E-state index in [4.69, 9.17) is 14.5 Å². The molecule has 5 rings (SSSR count). The van der Waals surface area contributed by atoms with Crippen LogP contribution in [0.1, 0.15) is 46.0 Å². The minimum absolute atomic E-state index is 0.0669. The van der Waals surface area contributed by atoms with Crippen molar-refractivity contribution in [3.05, 3.63) is 87.0 Å². The molecule has 37 heavy (non-hydrogen) atoms. The van der Waals surface area contributed by atoms with Crippen LogP contribution in [0.3, 0.4) is 0 Å². The SMILES string of the molecule is CCOC(=O)c1cc2c(=O)n3cccc(C)c3nc2n(C[C@@H]2CCCO2)c1=NC(=O)c1ccccc1F. The van der Waals surface area contributed by atoms with E-state index in [2.05, 4.69) is 4.99 Å². The molecule has 4 heterocycles. The molecule has 4 aromatic rings. The van der Waals surface area contributed by atoms with E-state index in [9.17, 15) is 18.8 Å². The number of amides is 1. The first-order chi connectivity index (χ1) is 17.9. The molecular formula is C27H25FN4O5. The lowest BCUT2D eigenvalue weighted by molar-refractivity contribution is 0.0521. The van der Waals surface area contributed by atoms with Gasteiger partial charge < -0.3 is 14.0 Å². The van der Waals surface area contributed by atoms with Crippen LogP contribution in [0.15, 0.2) is 58.4 Å². The van der Waals surface area contributed by atoms with Crippen molar-refractivity contribution >= 4 is 28.6 Å². The predicted octanol–water partition coefficient (Wildman–Crippen LogP) is 3.19. The van der Waals surface area contributed by atoms with Gasteiger partial charge in [-0.2, -0.15) is 4.99 Å². The Bertz CT molecular complexity index is 1670. The van der Waals surface area contributed by atoms with Gasteiger partial charge in [0.1, 0.15) is 22.7 Å². The molecule has 1 atom stereocenters. The number of aryl methyl sites for hydroxylation is 1. The van der Waals surface area contributed by atoms with Gasteiger partial charge >= 0.3 is 5.97 Å². The minimum atomic E-state index is -0.877. The van der Waals surface area contributed by atoms with Crippen molar-refractivity contribution in [2.45, 2.75) is 39.3 Å². The van der Waals surface area contributed by atoms with E-state index >= 15 is 0 Å². The third-order valence-corrected chi connectivity index (χ3v) is 6.32. The number of pyridine rings is 2. The number of carbonyl (C=O) groups excluding carboxylic acids is 2. The minimum Gasteiger partial charge on any atom is -0.462 e. The van der Waals surface area contributed by atoms with Crippen LogP contribution in [0.25, 0.3) is 16.7 Å². The first kappa shape index (κ1) is 24.5. The standard InChI is InChI=1S/C27H25FN4O5/c1-3-36-27(35)20-14-19-23(29-22-16(2)8-6-12-31(22)26(19)34)32(15-17-9-7-13-37-17)24(20)30-25(33)18-10-4-5-11-21(18)28/h4-6,8,10-12,14,17H,3,7,9,13,15H2,1-2H3/t17-/m0/s1. The summed E-state index contributed by atoms with van der Waals surface area (Å²) in [5.74, 6) is -2.38. The molecule has 9 nitrogen and oxygen atoms in total. The normalized spacial score (nSPS) is 16.0. The fourth-order valence-corrected chi connectivity index (χ4v) is 4.52. The monoisotopic (exact) mass is 504 g/mol. The molecule has 10 heteroatoms. The van der Waals surface area contributed by atoms with E-state index < -0.39 is 17.7 Å². The number of carbonyl (C=O) groups is 2. The summed E-state index contributed by atoms with van der Waals surface area (Å²) >= 11 is 0. The Hall–Kier alpha value is -4.18. The summed E-state index contributed by atoms with van der Waals surface area (Å²) < 4.78 is 28.4. The van der Waals surface area contributed by atoms with Gasteiger partial charge in [-0.1, -0.05) is 18.2 Å². The second-order valence-corrected chi connectivity index (χ2v) is 8.78. The smallest absolute Gasteiger partial charge is 0.341 e. The van der Waals surface area contributed by atoms with E-state index in [1.807, 2.05) is 13.0 Å². The fraction of sp³-hybridized carbons (Fsp3) is 0.296. The molecule has 0 aliphatic carbocycles. The predicted molar refractivity (Wildman–Crippen MR) is 133 cm³/mol. The number of nitrogens with zero attached hydrogens (tertiary/aromatic N) is 4. The second kappa shape index (κ2) is 10.1. The first-order valence-corrected chi connectivity index (χ1v) is 12.1. The largest absolute Gasteiger partial charge is 0.462 e. The zero-order valence-corrected chi connectivity index (χ0v) is 20.4. The Balaban J connectivity index is 1.89. The topological polar surface area (TPSA) is 104 Å². The van der Waals surface area contributed by atoms with Crippen molar-refractivity contribution in [1.82, 2.24) is 14.0 Å². The van der Waals surface area contributed by atoms with Crippen molar-refractivity contribution in [3.63, 3.8) is 0 Å². The van der Waals surface area contributed by atoms with Crippen molar-refractivity contribution < 1.29 is 23.5 Å². The molecule has 1 saturated heterocycles. The number of hydrogen-bond donors (Lipinski definition) is 0. The fourth-order valence-electron chi connectivity index (χ4n) is 4.52. The lowest BCUT2D eigenvalue weighted by Gasteiger charge is -2.18. The van der Waals surface area contributed by atoms with Gasteiger partial charge in [-0.05, 0) is 56.5 Å². The van der Waals surface area contributed by atoms with E-state index in [1.165, 1.54) is 28.7 Å². The van der Waals surface area contributed by atoms with Gasteiger partial charge in [0.2, 0.25) is 0 Å². The lowest BCUT2D eigenvalue weighted by atomic mass is 10.1. The third-order valence-electron chi connectivity index (χ3n) is 6.32. The zero-order chi connectivity index (χ0) is 26.1. The molecule has 1 aliphatic heterocycles. The third kappa shape index (κ3) is 4.55. The maximum absolute atomic E-state index is 14.4. The molecule has 0 saturated carbocycles. The van der Waals surface area contributed by atoms with E-state index in [0.29, 0.717) is 12.3 Å². The van der Waals surface area contributed by atoms with Gasteiger partial charge in [-0.15, -0.1) is 0 Å². The van der Waals surface area contributed by atoms with Crippen molar-refractivity contribution in [1.29, 1.82) is 0 Å². The summed E-state index contributed by atoms with van der Waals surface area (Å²) in [7, 11) is 0. The number of halogens is 1. The molecule has 0 unspecified atom stereocenters. The molecule has 0 N–H and O–H groups in total. The van der Waals surface area contributed by atoms with Crippen LogP contribution in [0.5, 0.6) is 0 Å².